The second kappa shape index (κ2) is 7.57. The molecule has 0 spiro atoms. The Balaban J connectivity index is 1.59. The number of carbonyl (C=O) groups excluding carboxylic acids is 1. The lowest BCUT2D eigenvalue weighted by Crippen LogP contribution is -2.19. The molecule has 1 amide bonds. The van der Waals surface area contributed by atoms with Gasteiger partial charge in [-0.1, -0.05) is 29.8 Å². The van der Waals surface area contributed by atoms with E-state index in [4.69, 9.17) is 4.74 Å². The Morgan fingerprint density at radius 3 is 2.80 bits per heavy atom. The number of aromatic nitrogens is 4. The molecule has 0 aliphatic carbocycles. The number of benzene rings is 2. The van der Waals surface area contributed by atoms with Gasteiger partial charge in [-0.25, -0.2) is 4.68 Å². The van der Waals surface area contributed by atoms with Gasteiger partial charge >= 0.3 is 0 Å². The van der Waals surface area contributed by atoms with Gasteiger partial charge in [0.2, 0.25) is 5.91 Å². The van der Waals surface area contributed by atoms with Crippen LogP contribution in [0.3, 0.4) is 0 Å². The van der Waals surface area contributed by atoms with Crippen molar-refractivity contribution >= 4 is 11.6 Å². The first kappa shape index (κ1) is 16.6. The van der Waals surface area contributed by atoms with E-state index in [-0.39, 0.29) is 12.5 Å². The van der Waals surface area contributed by atoms with E-state index in [0.29, 0.717) is 6.61 Å². The van der Waals surface area contributed by atoms with Crippen molar-refractivity contribution in [3.63, 3.8) is 0 Å². The molecule has 0 saturated heterocycles. The fourth-order valence-corrected chi connectivity index (χ4v) is 2.42. The summed E-state index contributed by atoms with van der Waals surface area (Å²) in [4.78, 5) is 12.0. The fraction of sp³-hybridized carbons (Fsp3) is 0.222. The van der Waals surface area contributed by atoms with E-state index in [1.54, 1.807) is 0 Å². The Morgan fingerprint density at radius 2 is 2.08 bits per heavy atom. The smallest absolute Gasteiger partial charge is 0.246 e. The van der Waals surface area contributed by atoms with Gasteiger partial charge in [-0.15, -0.1) is 5.10 Å². The van der Waals surface area contributed by atoms with Crippen LogP contribution in [0.1, 0.15) is 16.7 Å². The Bertz CT molecular complexity index is 862. The van der Waals surface area contributed by atoms with Gasteiger partial charge in [-0.2, -0.15) is 0 Å². The highest BCUT2D eigenvalue weighted by atomic mass is 16.5. The zero-order valence-corrected chi connectivity index (χ0v) is 14.1. The molecule has 0 fully saturated rings. The summed E-state index contributed by atoms with van der Waals surface area (Å²) in [5.74, 6) is 0.571. The topological polar surface area (TPSA) is 81.9 Å². The first-order valence-corrected chi connectivity index (χ1v) is 7.90. The summed E-state index contributed by atoms with van der Waals surface area (Å²) in [5, 5.41) is 13.5. The predicted octanol–water partition coefficient (Wildman–Crippen LogP) is 2.51. The summed E-state index contributed by atoms with van der Waals surface area (Å²) in [6.45, 7) is 4.55. The van der Waals surface area contributed by atoms with Crippen LogP contribution >= 0.6 is 0 Å². The predicted molar refractivity (Wildman–Crippen MR) is 93.1 cm³/mol. The van der Waals surface area contributed by atoms with Gasteiger partial charge in [0.15, 0.2) is 0 Å². The third-order valence-electron chi connectivity index (χ3n) is 3.66. The quantitative estimate of drug-likeness (QED) is 0.747. The minimum absolute atomic E-state index is 0.0675. The Kier molecular flexibility index (Phi) is 5.03. The number of hydrogen-bond donors (Lipinski definition) is 1. The first-order valence-electron chi connectivity index (χ1n) is 7.90. The van der Waals surface area contributed by atoms with Crippen molar-refractivity contribution in [3.8, 4) is 5.75 Å². The average molecular weight is 337 g/mol. The van der Waals surface area contributed by atoms with Crippen molar-refractivity contribution in [3.05, 3.63) is 65.5 Å². The normalized spacial score (nSPS) is 10.5. The van der Waals surface area contributed by atoms with Crippen molar-refractivity contribution in [2.45, 2.75) is 27.0 Å². The average Bonchev–Trinajstić information content (AvgIpc) is 3.08. The molecule has 2 aromatic carbocycles. The molecule has 0 bridgehead atoms. The van der Waals surface area contributed by atoms with E-state index in [9.17, 15) is 4.79 Å². The standard InChI is InChI=1S/C18H19N5O2/c1-13-4-3-5-15(8-13)11-25-16-6-7-17(14(2)9-16)20-18(24)10-23-12-19-21-22-23/h3-9,12H,10-11H2,1-2H3,(H,20,24). The van der Waals surface area contributed by atoms with E-state index in [0.717, 1.165) is 22.6 Å². The molecule has 7 nitrogen and oxygen atoms in total. The Hall–Kier alpha value is -3.22. The van der Waals surface area contributed by atoms with Crippen molar-refractivity contribution in [2.24, 2.45) is 0 Å². The van der Waals surface area contributed by atoms with Crippen LogP contribution in [-0.4, -0.2) is 26.1 Å². The van der Waals surface area contributed by atoms with Crippen LogP contribution in [0.25, 0.3) is 0 Å². The maximum absolute atomic E-state index is 12.0. The number of nitrogens with one attached hydrogen (secondary N) is 1. The van der Waals surface area contributed by atoms with Crippen LogP contribution < -0.4 is 10.1 Å². The van der Waals surface area contributed by atoms with Crippen LogP contribution in [0.4, 0.5) is 5.69 Å². The maximum atomic E-state index is 12.0. The lowest BCUT2D eigenvalue weighted by Gasteiger charge is -2.11. The molecule has 1 aromatic heterocycles. The van der Waals surface area contributed by atoms with E-state index in [1.165, 1.54) is 16.6 Å². The Labute approximate surface area is 145 Å². The molecule has 0 radical (unpaired) electrons. The highest BCUT2D eigenvalue weighted by Gasteiger charge is 2.08. The number of tetrazole rings is 1. The van der Waals surface area contributed by atoms with E-state index >= 15 is 0 Å². The molecule has 0 aliphatic rings. The minimum atomic E-state index is -0.191. The van der Waals surface area contributed by atoms with Crippen molar-refractivity contribution in [1.82, 2.24) is 20.2 Å². The molecule has 25 heavy (non-hydrogen) atoms. The number of carbonyl (C=O) groups is 1. The summed E-state index contributed by atoms with van der Waals surface area (Å²) in [5.41, 5.74) is 3.99. The number of nitrogens with zero attached hydrogens (tertiary/aromatic N) is 4. The summed E-state index contributed by atoms with van der Waals surface area (Å²) in [7, 11) is 0. The monoisotopic (exact) mass is 337 g/mol. The summed E-state index contributed by atoms with van der Waals surface area (Å²) >= 11 is 0. The first-order chi connectivity index (χ1) is 12.1. The second-order valence-electron chi connectivity index (χ2n) is 5.81. The number of amides is 1. The third kappa shape index (κ3) is 4.63. The molecule has 1 heterocycles. The van der Waals surface area contributed by atoms with Gasteiger partial charge in [0.25, 0.3) is 0 Å². The number of hydrogen-bond acceptors (Lipinski definition) is 5. The zero-order chi connectivity index (χ0) is 17.6. The molecular formula is C18H19N5O2. The van der Waals surface area contributed by atoms with Crippen LogP contribution in [-0.2, 0) is 17.9 Å². The highest BCUT2D eigenvalue weighted by Crippen LogP contribution is 2.22. The van der Waals surface area contributed by atoms with Crippen LogP contribution in [0.5, 0.6) is 5.75 Å². The van der Waals surface area contributed by atoms with E-state index < -0.39 is 0 Å². The van der Waals surface area contributed by atoms with Gasteiger partial charge in [-0.3, -0.25) is 4.79 Å². The van der Waals surface area contributed by atoms with Gasteiger partial charge in [0, 0.05) is 5.69 Å². The lowest BCUT2D eigenvalue weighted by atomic mass is 10.1. The summed E-state index contributed by atoms with van der Waals surface area (Å²) < 4.78 is 7.19. The van der Waals surface area contributed by atoms with Crippen molar-refractivity contribution in [1.29, 1.82) is 0 Å². The van der Waals surface area contributed by atoms with Gasteiger partial charge in [-0.05, 0) is 53.6 Å². The number of rotatable bonds is 6. The minimum Gasteiger partial charge on any atom is -0.489 e. The Morgan fingerprint density at radius 1 is 1.20 bits per heavy atom. The summed E-state index contributed by atoms with van der Waals surface area (Å²) in [6.07, 6.45) is 1.40. The van der Waals surface area contributed by atoms with Gasteiger partial charge in [0.05, 0.1) is 0 Å². The molecular weight excluding hydrogens is 318 g/mol. The van der Waals surface area contributed by atoms with Crippen LogP contribution in [0.15, 0.2) is 48.8 Å². The molecule has 0 unspecified atom stereocenters. The number of aryl methyl sites for hydroxylation is 2. The van der Waals surface area contributed by atoms with Crippen molar-refractivity contribution < 1.29 is 9.53 Å². The summed E-state index contributed by atoms with van der Waals surface area (Å²) in [6, 6.07) is 13.8. The second-order valence-corrected chi connectivity index (χ2v) is 5.81. The molecule has 0 atom stereocenters. The van der Waals surface area contributed by atoms with Crippen LogP contribution in [0, 0.1) is 13.8 Å². The third-order valence-corrected chi connectivity index (χ3v) is 3.66. The largest absolute Gasteiger partial charge is 0.489 e. The molecule has 3 rings (SSSR count). The molecule has 1 N–H and O–H groups in total. The number of anilines is 1. The molecule has 0 aliphatic heterocycles. The van der Waals surface area contributed by atoms with E-state index in [2.05, 4.69) is 39.9 Å². The lowest BCUT2D eigenvalue weighted by molar-refractivity contribution is -0.116. The highest BCUT2D eigenvalue weighted by molar-refractivity contribution is 5.91. The maximum Gasteiger partial charge on any atom is 0.246 e. The van der Waals surface area contributed by atoms with Crippen molar-refractivity contribution in [2.75, 3.05) is 5.32 Å². The molecule has 128 valence electrons. The molecule has 0 saturated carbocycles. The van der Waals surface area contributed by atoms with Gasteiger partial charge < -0.3 is 10.1 Å². The number of ether oxygens (including phenoxy) is 1. The SMILES string of the molecule is Cc1cccc(COc2ccc(NC(=O)Cn3cnnn3)c(C)c2)c1. The molecule has 7 heteroatoms. The molecule has 3 aromatic rings. The van der Waals surface area contributed by atoms with E-state index in [1.807, 2.05) is 37.3 Å². The van der Waals surface area contributed by atoms with Crippen LogP contribution in [0.2, 0.25) is 0 Å². The zero-order valence-electron chi connectivity index (χ0n) is 14.1. The van der Waals surface area contributed by atoms with Gasteiger partial charge in [0.1, 0.15) is 25.2 Å². The fourth-order valence-electron chi connectivity index (χ4n) is 2.42.